The number of aryl methyl sites for hydroxylation is 3. The van der Waals surface area contributed by atoms with Crippen LogP contribution in [0.25, 0.3) is 0 Å². The fourth-order valence-electron chi connectivity index (χ4n) is 2.25. The second kappa shape index (κ2) is 6.04. The van der Waals surface area contributed by atoms with E-state index in [9.17, 15) is 9.50 Å². The zero-order valence-corrected chi connectivity index (χ0v) is 13.3. The molecule has 0 aliphatic heterocycles. The number of ether oxygens (including phenoxy) is 1. The van der Waals surface area contributed by atoms with Crippen molar-refractivity contribution >= 4 is 11.6 Å². The first-order valence-corrected chi connectivity index (χ1v) is 7.10. The third-order valence-electron chi connectivity index (χ3n) is 3.38. The van der Waals surface area contributed by atoms with Crippen LogP contribution in [0.2, 0.25) is 5.02 Å². The molecule has 0 bridgehead atoms. The predicted molar refractivity (Wildman–Crippen MR) is 82.8 cm³/mol. The molecule has 1 N–H and O–H groups in total. The molecule has 0 unspecified atom stereocenters. The van der Waals surface area contributed by atoms with Gasteiger partial charge in [0.05, 0.1) is 6.10 Å². The van der Waals surface area contributed by atoms with Crippen molar-refractivity contribution in [1.29, 1.82) is 0 Å². The molecule has 2 aromatic rings. The van der Waals surface area contributed by atoms with E-state index in [0.29, 0.717) is 27.6 Å². The summed E-state index contributed by atoms with van der Waals surface area (Å²) in [6.45, 7) is 7.04. The van der Waals surface area contributed by atoms with Crippen LogP contribution in [0, 0.1) is 26.6 Å². The van der Waals surface area contributed by atoms with Gasteiger partial charge in [0.15, 0.2) is 0 Å². The fourth-order valence-corrected chi connectivity index (χ4v) is 2.58. The monoisotopic (exact) mass is 308 g/mol. The van der Waals surface area contributed by atoms with E-state index < -0.39 is 6.10 Å². The summed E-state index contributed by atoms with van der Waals surface area (Å²) < 4.78 is 19.6. The van der Waals surface area contributed by atoms with Gasteiger partial charge in [0.25, 0.3) is 0 Å². The van der Waals surface area contributed by atoms with Gasteiger partial charge in [0.1, 0.15) is 17.3 Å². The lowest BCUT2D eigenvalue weighted by Gasteiger charge is -2.17. The second-order valence-electron chi connectivity index (χ2n) is 5.29. The van der Waals surface area contributed by atoms with E-state index in [4.69, 9.17) is 16.3 Å². The molecule has 0 heterocycles. The highest BCUT2D eigenvalue weighted by atomic mass is 35.5. The maximum atomic E-state index is 13.7. The zero-order valence-electron chi connectivity index (χ0n) is 12.5. The van der Waals surface area contributed by atoms with Crippen LogP contribution in [0.15, 0.2) is 24.3 Å². The van der Waals surface area contributed by atoms with Gasteiger partial charge in [-0.25, -0.2) is 4.39 Å². The van der Waals surface area contributed by atoms with Crippen molar-refractivity contribution in [2.45, 2.75) is 33.8 Å². The third kappa shape index (κ3) is 3.36. The molecule has 0 aliphatic rings. The Kier molecular flexibility index (Phi) is 4.55. The van der Waals surface area contributed by atoms with E-state index in [2.05, 4.69) is 0 Å². The minimum Gasteiger partial charge on any atom is -0.456 e. The second-order valence-corrected chi connectivity index (χ2v) is 5.72. The standard InChI is InChI=1S/C17H18ClFO2/c1-9-7-16(14(12(4)20)8-15(9)19)21-17-10(2)5-13(18)6-11(17)3/h5-8,12,20H,1-4H3/t12-/m1/s1. The van der Waals surface area contributed by atoms with Gasteiger partial charge in [-0.2, -0.15) is 0 Å². The Balaban J connectivity index is 2.51. The topological polar surface area (TPSA) is 29.5 Å². The Morgan fingerprint density at radius 3 is 2.14 bits per heavy atom. The van der Waals surface area contributed by atoms with Crippen LogP contribution in [-0.2, 0) is 0 Å². The summed E-state index contributed by atoms with van der Waals surface area (Å²) in [6.07, 6.45) is -0.817. The molecular weight excluding hydrogens is 291 g/mol. The molecule has 0 radical (unpaired) electrons. The van der Waals surface area contributed by atoms with Gasteiger partial charge in [0, 0.05) is 10.6 Å². The fraction of sp³-hybridized carbons (Fsp3) is 0.294. The van der Waals surface area contributed by atoms with E-state index in [1.54, 1.807) is 19.9 Å². The molecule has 2 aromatic carbocycles. The van der Waals surface area contributed by atoms with Gasteiger partial charge in [-0.3, -0.25) is 0 Å². The van der Waals surface area contributed by atoms with Gasteiger partial charge < -0.3 is 9.84 Å². The predicted octanol–water partition coefficient (Wildman–Crippen LogP) is 5.25. The van der Waals surface area contributed by atoms with Crippen molar-refractivity contribution in [3.8, 4) is 11.5 Å². The minimum absolute atomic E-state index is 0.359. The zero-order chi connectivity index (χ0) is 15.7. The van der Waals surface area contributed by atoms with Gasteiger partial charge in [0.2, 0.25) is 0 Å². The molecule has 112 valence electrons. The number of rotatable bonds is 3. The molecule has 0 saturated carbocycles. The molecule has 0 fully saturated rings. The first kappa shape index (κ1) is 15.8. The Morgan fingerprint density at radius 2 is 1.62 bits per heavy atom. The van der Waals surface area contributed by atoms with Crippen molar-refractivity contribution in [2.24, 2.45) is 0 Å². The summed E-state index contributed by atoms with van der Waals surface area (Å²) in [5, 5.41) is 10.5. The number of aliphatic hydroxyl groups is 1. The van der Waals surface area contributed by atoms with Crippen LogP contribution in [0.1, 0.15) is 35.3 Å². The molecule has 0 saturated heterocycles. The number of benzene rings is 2. The van der Waals surface area contributed by atoms with Gasteiger partial charge in [-0.15, -0.1) is 0 Å². The molecule has 0 amide bonds. The van der Waals surface area contributed by atoms with Crippen LogP contribution in [-0.4, -0.2) is 5.11 Å². The number of hydrogen-bond acceptors (Lipinski definition) is 2. The van der Waals surface area contributed by atoms with E-state index in [0.717, 1.165) is 11.1 Å². The van der Waals surface area contributed by atoms with Crippen LogP contribution < -0.4 is 4.74 Å². The molecule has 0 aromatic heterocycles. The van der Waals surface area contributed by atoms with Crippen molar-refractivity contribution < 1.29 is 14.2 Å². The Morgan fingerprint density at radius 1 is 1.05 bits per heavy atom. The smallest absolute Gasteiger partial charge is 0.133 e. The normalized spacial score (nSPS) is 12.3. The lowest BCUT2D eigenvalue weighted by atomic mass is 10.1. The summed E-state index contributed by atoms with van der Waals surface area (Å²) in [7, 11) is 0. The summed E-state index contributed by atoms with van der Waals surface area (Å²) in [5.74, 6) is 0.771. The molecule has 0 aliphatic carbocycles. The maximum absolute atomic E-state index is 13.7. The van der Waals surface area contributed by atoms with Crippen LogP contribution in [0.3, 0.4) is 0 Å². The quantitative estimate of drug-likeness (QED) is 0.839. The Bertz CT molecular complexity index is 658. The summed E-state index contributed by atoms with van der Waals surface area (Å²) in [6, 6.07) is 6.53. The highest BCUT2D eigenvalue weighted by Crippen LogP contribution is 2.36. The first-order valence-electron chi connectivity index (χ1n) is 6.72. The van der Waals surface area contributed by atoms with Crippen molar-refractivity contribution in [1.82, 2.24) is 0 Å². The van der Waals surface area contributed by atoms with Crippen molar-refractivity contribution in [3.63, 3.8) is 0 Å². The highest BCUT2D eigenvalue weighted by molar-refractivity contribution is 6.30. The average molecular weight is 309 g/mol. The molecule has 2 nitrogen and oxygen atoms in total. The molecule has 21 heavy (non-hydrogen) atoms. The lowest BCUT2D eigenvalue weighted by molar-refractivity contribution is 0.195. The molecule has 0 spiro atoms. The average Bonchev–Trinajstić information content (AvgIpc) is 2.37. The summed E-state index contributed by atoms with van der Waals surface area (Å²) in [5.41, 5.74) is 2.67. The SMILES string of the molecule is Cc1cc(Oc2c(C)cc(Cl)cc2C)c([C@@H](C)O)cc1F. The van der Waals surface area contributed by atoms with E-state index in [-0.39, 0.29) is 5.82 Å². The van der Waals surface area contributed by atoms with E-state index >= 15 is 0 Å². The summed E-state index contributed by atoms with van der Waals surface area (Å²) in [4.78, 5) is 0. The molecule has 2 rings (SSSR count). The third-order valence-corrected chi connectivity index (χ3v) is 3.60. The highest BCUT2D eigenvalue weighted by Gasteiger charge is 2.16. The number of hydrogen-bond donors (Lipinski definition) is 1. The molecular formula is C17H18ClFO2. The van der Waals surface area contributed by atoms with E-state index in [1.165, 1.54) is 6.07 Å². The minimum atomic E-state index is -0.817. The maximum Gasteiger partial charge on any atom is 0.133 e. The van der Waals surface area contributed by atoms with Crippen molar-refractivity contribution in [2.75, 3.05) is 0 Å². The Labute approximate surface area is 129 Å². The van der Waals surface area contributed by atoms with Crippen LogP contribution in [0.4, 0.5) is 4.39 Å². The van der Waals surface area contributed by atoms with Crippen LogP contribution >= 0.6 is 11.6 Å². The molecule has 4 heteroatoms. The Hall–Kier alpha value is -1.58. The number of halogens is 2. The van der Waals surface area contributed by atoms with E-state index in [1.807, 2.05) is 26.0 Å². The van der Waals surface area contributed by atoms with Crippen molar-refractivity contribution in [3.05, 3.63) is 57.4 Å². The lowest BCUT2D eigenvalue weighted by Crippen LogP contribution is -2.00. The molecule has 1 atom stereocenters. The van der Waals surface area contributed by atoms with Gasteiger partial charge >= 0.3 is 0 Å². The number of aliphatic hydroxyl groups excluding tert-OH is 1. The summed E-state index contributed by atoms with van der Waals surface area (Å²) >= 11 is 6.01. The first-order chi connectivity index (χ1) is 9.79. The largest absolute Gasteiger partial charge is 0.456 e. The van der Waals surface area contributed by atoms with Gasteiger partial charge in [-0.1, -0.05) is 11.6 Å². The van der Waals surface area contributed by atoms with Crippen LogP contribution in [0.5, 0.6) is 11.5 Å². The van der Waals surface area contributed by atoms with Gasteiger partial charge in [-0.05, 0) is 68.7 Å².